The van der Waals surface area contributed by atoms with Crippen LogP contribution in [0.25, 0.3) is 0 Å². The van der Waals surface area contributed by atoms with Crippen molar-refractivity contribution in [2.24, 2.45) is 0 Å². The summed E-state index contributed by atoms with van der Waals surface area (Å²) in [5.74, 6) is -2.31. The van der Waals surface area contributed by atoms with Gasteiger partial charge in [-0.2, -0.15) is 0 Å². The molecule has 0 amide bonds. The zero-order valence-corrected chi connectivity index (χ0v) is 24.9. The first-order valence-corrected chi connectivity index (χ1v) is 13.6. The van der Waals surface area contributed by atoms with E-state index in [2.05, 4.69) is 0 Å². The summed E-state index contributed by atoms with van der Waals surface area (Å²) < 4.78 is 49.8. The number of esters is 4. The Bertz CT molecular complexity index is 1300. The van der Waals surface area contributed by atoms with Crippen molar-refractivity contribution in [2.45, 2.75) is 77.7 Å². The van der Waals surface area contributed by atoms with Crippen molar-refractivity contribution in [1.29, 1.82) is 0 Å². The molecule has 6 atom stereocenters. The van der Waals surface area contributed by atoms with Gasteiger partial charge in [-0.25, -0.2) is 4.39 Å². The van der Waals surface area contributed by atoms with E-state index in [0.29, 0.717) is 23.5 Å². The highest BCUT2D eigenvalue weighted by atomic mass is 35.5. The molecule has 42 heavy (non-hydrogen) atoms. The average Bonchev–Trinajstić information content (AvgIpc) is 2.90. The number of ether oxygens (including phenoxy) is 6. The fourth-order valence-electron chi connectivity index (χ4n) is 4.76. The molecule has 1 saturated heterocycles. The van der Waals surface area contributed by atoms with Crippen LogP contribution >= 0.6 is 11.6 Å². The average molecular weight is 609 g/mol. The monoisotopic (exact) mass is 608 g/mol. The zero-order chi connectivity index (χ0) is 31.2. The molecule has 0 spiro atoms. The standard InChI is InChI=1S/C30H34ClFO10/c1-7-37-22-11-9-21(10-12-22)30(6,32)23-14-20(8-13-24(23)31)26-28(40-18(4)35)29(41-19(5)36)27(39-17(3)34)25(42-26)15-38-16(2)33/h8-14,25-29H,7,15H2,1-6H3/t25-,26+,27-,28+,29+,30?/m1/s1. The predicted octanol–water partition coefficient (Wildman–Crippen LogP) is 4.77. The Kier molecular flexibility index (Phi) is 10.9. The molecule has 1 aliphatic rings. The molecule has 0 bridgehead atoms. The highest BCUT2D eigenvalue weighted by molar-refractivity contribution is 6.31. The first kappa shape index (κ1) is 32.8. The molecule has 2 aromatic rings. The van der Waals surface area contributed by atoms with Crippen LogP contribution in [0.4, 0.5) is 4.39 Å². The Hall–Kier alpha value is -3.70. The quantitative estimate of drug-likeness (QED) is 0.275. The normalized spacial score (nSPS) is 23.2. The van der Waals surface area contributed by atoms with Gasteiger partial charge in [0, 0.05) is 38.3 Å². The van der Waals surface area contributed by atoms with E-state index in [1.807, 2.05) is 6.92 Å². The van der Waals surface area contributed by atoms with Crippen molar-refractivity contribution in [3.63, 3.8) is 0 Å². The van der Waals surface area contributed by atoms with Gasteiger partial charge in [-0.1, -0.05) is 29.8 Å². The van der Waals surface area contributed by atoms with E-state index in [4.69, 9.17) is 40.0 Å². The van der Waals surface area contributed by atoms with Gasteiger partial charge in [0.2, 0.25) is 0 Å². The highest BCUT2D eigenvalue weighted by Gasteiger charge is 2.52. The number of rotatable bonds is 10. The predicted molar refractivity (Wildman–Crippen MR) is 148 cm³/mol. The van der Waals surface area contributed by atoms with Crippen molar-refractivity contribution in [3.05, 3.63) is 64.2 Å². The van der Waals surface area contributed by atoms with E-state index in [1.165, 1.54) is 26.0 Å². The summed E-state index contributed by atoms with van der Waals surface area (Å²) in [5.41, 5.74) is -1.40. The summed E-state index contributed by atoms with van der Waals surface area (Å²) in [4.78, 5) is 47.9. The summed E-state index contributed by atoms with van der Waals surface area (Å²) in [6, 6.07) is 10.9. The number of halogens is 2. The second-order valence-electron chi connectivity index (χ2n) is 9.82. The van der Waals surface area contributed by atoms with Crippen molar-refractivity contribution < 1.29 is 52.0 Å². The number of benzene rings is 2. The minimum absolute atomic E-state index is 0.0821. The Morgan fingerprint density at radius 1 is 0.857 bits per heavy atom. The van der Waals surface area contributed by atoms with Gasteiger partial charge in [0.15, 0.2) is 24.0 Å². The molecule has 1 unspecified atom stereocenters. The fraction of sp³-hybridized carbons (Fsp3) is 0.467. The lowest BCUT2D eigenvalue weighted by Gasteiger charge is -2.44. The van der Waals surface area contributed by atoms with Crippen LogP contribution in [-0.4, -0.2) is 61.5 Å². The topological polar surface area (TPSA) is 124 Å². The van der Waals surface area contributed by atoms with E-state index in [0.717, 1.165) is 20.8 Å². The van der Waals surface area contributed by atoms with Crippen LogP contribution < -0.4 is 4.74 Å². The SMILES string of the molecule is CCOc1ccc(C(C)(F)c2cc([C@@H]3O[C@H](COC(C)=O)[C@@H](OC(C)=O)[C@H](OC(C)=O)[C@H]3OC(C)=O)ccc2Cl)cc1. The van der Waals surface area contributed by atoms with Gasteiger partial charge in [0.25, 0.3) is 0 Å². The van der Waals surface area contributed by atoms with Gasteiger partial charge in [0.1, 0.15) is 24.6 Å². The lowest BCUT2D eigenvalue weighted by Crippen LogP contribution is -2.59. The number of alkyl halides is 1. The number of hydrogen-bond donors (Lipinski definition) is 0. The molecule has 10 nitrogen and oxygen atoms in total. The second kappa shape index (κ2) is 14.0. The fourth-order valence-corrected chi connectivity index (χ4v) is 5.06. The molecule has 3 rings (SSSR count). The molecule has 1 heterocycles. The second-order valence-corrected chi connectivity index (χ2v) is 10.2. The van der Waals surface area contributed by atoms with Crippen LogP contribution in [-0.2, 0) is 48.5 Å². The van der Waals surface area contributed by atoms with Crippen molar-refractivity contribution in [1.82, 2.24) is 0 Å². The van der Waals surface area contributed by atoms with Gasteiger partial charge in [-0.15, -0.1) is 0 Å². The van der Waals surface area contributed by atoms with E-state index < -0.39 is 60.1 Å². The molecule has 0 aliphatic carbocycles. The van der Waals surface area contributed by atoms with Crippen LogP contribution in [0.2, 0.25) is 5.02 Å². The molecule has 2 aromatic carbocycles. The maximum Gasteiger partial charge on any atom is 0.303 e. The smallest absolute Gasteiger partial charge is 0.303 e. The third-order valence-electron chi connectivity index (χ3n) is 6.52. The summed E-state index contributed by atoms with van der Waals surface area (Å²) in [6.45, 7) is 7.85. The van der Waals surface area contributed by atoms with Crippen LogP contribution in [0.1, 0.15) is 64.3 Å². The Morgan fingerprint density at radius 3 is 1.98 bits per heavy atom. The van der Waals surface area contributed by atoms with Crippen molar-refractivity contribution >= 4 is 35.5 Å². The lowest BCUT2D eigenvalue weighted by molar-refractivity contribution is -0.254. The minimum Gasteiger partial charge on any atom is -0.494 e. The molecule has 1 fully saturated rings. The summed E-state index contributed by atoms with van der Waals surface area (Å²) in [7, 11) is 0. The third-order valence-corrected chi connectivity index (χ3v) is 6.85. The molecule has 12 heteroatoms. The van der Waals surface area contributed by atoms with Crippen LogP contribution in [0.5, 0.6) is 5.75 Å². The molecule has 0 radical (unpaired) electrons. The highest BCUT2D eigenvalue weighted by Crippen LogP contribution is 2.43. The third kappa shape index (κ3) is 7.98. The van der Waals surface area contributed by atoms with Gasteiger partial charge in [0.05, 0.1) is 6.61 Å². The largest absolute Gasteiger partial charge is 0.494 e. The molecular formula is C30H34ClFO10. The molecule has 228 valence electrons. The summed E-state index contributed by atoms with van der Waals surface area (Å²) in [6.07, 6.45) is -6.35. The molecule has 0 aromatic heterocycles. The number of carbonyl (C=O) groups excluding carboxylic acids is 4. The minimum atomic E-state index is -2.09. The van der Waals surface area contributed by atoms with E-state index >= 15 is 4.39 Å². The lowest BCUT2D eigenvalue weighted by atomic mass is 9.85. The van der Waals surface area contributed by atoms with Gasteiger partial charge < -0.3 is 28.4 Å². The maximum absolute atomic E-state index is 16.5. The first-order chi connectivity index (χ1) is 19.7. The van der Waals surface area contributed by atoms with Crippen LogP contribution in [0.3, 0.4) is 0 Å². The van der Waals surface area contributed by atoms with Crippen molar-refractivity contribution in [3.8, 4) is 5.75 Å². The zero-order valence-electron chi connectivity index (χ0n) is 24.2. The van der Waals surface area contributed by atoms with Gasteiger partial charge in [-0.3, -0.25) is 19.2 Å². The van der Waals surface area contributed by atoms with Gasteiger partial charge in [-0.05, 0) is 49.2 Å². The number of hydrogen-bond acceptors (Lipinski definition) is 10. The molecule has 0 saturated carbocycles. The van der Waals surface area contributed by atoms with Crippen LogP contribution in [0.15, 0.2) is 42.5 Å². The molecule has 0 N–H and O–H groups in total. The van der Waals surface area contributed by atoms with Crippen LogP contribution in [0, 0.1) is 0 Å². The van der Waals surface area contributed by atoms with Gasteiger partial charge >= 0.3 is 23.9 Å². The first-order valence-electron chi connectivity index (χ1n) is 13.3. The summed E-state index contributed by atoms with van der Waals surface area (Å²) >= 11 is 6.49. The Labute approximate surface area is 248 Å². The maximum atomic E-state index is 16.5. The van der Waals surface area contributed by atoms with E-state index in [-0.39, 0.29) is 17.2 Å². The summed E-state index contributed by atoms with van der Waals surface area (Å²) in [5, 5.41) is 0.114. The molecular weight excluding hydrogens is 575 g/mol. The Balaban J connectivity index is 2.12. The van der Waals surface area contributed by atoms with E-state index in [9.17, 15) is 19.2 Å². The number of carbonyl (C=O) groups is 4. The van der Waals surface area contributed by atoms with Crippen molar-refractivity contribution in [2.75, 3.05) is 13.2 Å². The Morgan fingerprint density at radius 2 is 1.43 bits per heavy atom. The van der Waals surface area contributed by atoms with E-state index in [1.54, 1.807) is 30.3 Å². The molecule has 1 aliphatic heterocycles.